The molecule has 0 aromatic rings. The van der Waals surface area contributed by atoms with E-state index in [0.717, 1.165) is 30.1 Å². The second-order valence-electron chi connectivity index (χ2n) is 5.65. The highest BCUT2D eigenvalue weighted by atomic mass is 16.1. The maximum Gasteiger partial charge on any atom is 0.145 e. The molecule has 4 atom stereocenters. The lowest BCUT2D eigenvalue weighted by Crippen LogP contribution is -2.35. The van der Waals surface area contributed by atoms with Crippen molar-refractivity contribution in [2.24, 2.45) is 23.7 Å². The molecule has 0 heterocycles. The molecule has 16 heavy (non-hydrogen) atoms. The zero-order valence-corrected chi connectivity index (χ0v) is 10.4. The van der Waals surface area contributed by atoms with E-state index in [-0.39, 0.29) is 0 Å². The minimum Gasteiger partial charge on any atom is -0.298 e. The smallest absolute Gasteiger partial charge is 0.145 e. The van der Waals surface area contributed by atoms with Crippen molar-refractivity contribution in [1.82, 2.24) is 0 Å². The van der Waals surface area contributed by atoms with Crippen LogP contribution in [0.25, 0.3) is 0 Å². The lowest BCUT2D eigenvalue weighted by molar-refractivity contribution is -0.105. The van der Waals surface area contributed by atoms with E-state index in [9.17, 15) is 4.79 Å². The largest absolute Gasteiger partial charge is 0.298 e. The molecule has 2 rings (SSSR count). The van der Waals surface area contributed by atoms with Gasteiger partial charge >= 0.3 is 0 Å². The number of hydrogen-bond donors (Lipinski definition) is 0. The number of allylic oxidation sites excluding steroid dienone is 3. The summed E-state index contributed by atoms with van der Waals surface area (Å²) in [5, 5.41) is 0. The molecule has 0 spiro atoms. The van der Waals surface area contributed by atoms with Gasteiger partial charge in [-0.05, 0) is 61.9 Å². The van der Waals surface area contributed by atoms with E-state index in [1.807, 2.05) is 0 Å². The van der Waals surface area contributed by atoms with Crippen LogP contribution in [0.5, 0.6) is 0 Å². The number of fused-ring (bicyclic) bond motifs is 1. The van der Waals surface area contributed by atoms with Crippen LogP contribution >= 0.6 is 0 Å². The molecule has 0 radical (unpaired) electrons. The molecule has 0 N–H and O–H groups in total. The zero-order valence-electron chi connectivity index (χ0n) is 10.4. The summed E-state index contributed by atoms with van der Waals surface area (Å²) in [6, 6.07) is 0. The first-order valence-electron chi connectivity index (χ1n) is 6.44. The van der Waals surface area contributed by atoms with Crippen molar-refractivity contribution < 1.29 is 4.79 Å². The number of carbonyl (C=O) groups is 1. The van der Waals surface area contributed by atoms with Gasteiger partial charge in [0.2, 0.25) is 0 Å². The van der Waals surface area contributed by atoms with Gasteiger partial charge in [-0.2, -0.15) is 0 Å². The van der Waals surface area contributed by atoms with Gasteiger partial charge in [-0.1, -0.05) is 25.2 Å². The average Bonchev–Trinajstić information content (AvgIpc) is 2.28. The first-order valence-corrected chi connectivity index (χ1v) is 6.44. The molecule has 0 bridgehead atoms. The molecule has 0 saturated heterocycles. The molecule has 88 valence electrons. The molecule has 0 aromatic heterocycles. The molecule has 2 aliphatic carbocycles. The molecule has 2 unspecified atom stereocenters. The molecule has 0 aliphatic heterocycles. The molecular formula is C15H22O. The summed E-state index contributed by atoms with van der Waals surface area (Å²) in [6.07, 6.45) is 8.33. The van der Waals surface area contributed by atoms with Crippen molar-refractivity contribution in [1.29, 1.82) is 0 Å². The normalized spacial score (nSPS) is 38.5. The van der Waals surface area contributed by atoms with Crippen molar-refractivity contribution in [2.75, 3.05) is 0 Å². The van der Waals surface area contributed by atoms with Gasteiger partial charge in [0.25, 0.3) is 0 Å². The van der Waals surface area contributed by atoms with Crippen molar-refractivity contribution in [3.63, 3.8) is 0 Å². The average molecular weight is 218 g/mol. The fourth-order valence-electron chi connectivity index (χ4n) is 3.57. The van der Waals surface area contributed by atoms with Crippen LogP contribution in [0.2, 0.25) is 0 Å². The van der Waals surface area contributed by atoms with Gasteiger partial charge in [-0.15, -0.1) is 0 Å². The maximum absolute atomic E-state index is 10.9. The van der Waals surface area contributed by atoms with Crippen LogP contribution in [0.4, 0.5) is 0 Å². The Morgan fingerprint density at radius 3 is 2.88 bits per heavy atom. The van der Waals surface area contributed by atoms with E-state index >= 15 is 0 Å². The van der Waals surface area contributed by atoms with E-state index < -0.39 is 0 Å². The van der Waals surface area contributed by atoms with E-state index in [1.165, 1.54) is 24.8 Å². The van der Waals surface area contributed by atoms with Crippen LogP contribution in [0, 0.1) is 23.7 Å². The molecule has 1 heteroatoms. The van der Waals surface area contributed by atoms with Crippen LogP contribution in [-0.2, 0) is 4.79 Å². The zero-order chi connectivity index (χ0) is 11.7. The summed E-state index contributed by atoms with van der Waals surface area (Å²) in [5.74, 6) is 2.58. The molecule has 2 aliphatic rings. The number of carbonyl (C=O) groups excluding carboxylic acids is 1. The lowest BCUT2D eigenvalue weighted by atomic mass is 9.61. The van der Waals surface area contributed by atoms with E-state index in [2.05, 4.69) is 26.5 Å². The summed E-state index contributed by atoms with van der Waals surface area (Å²) in [5.41, 5.74) is 2.31. The van der Waals surface area contributed by atoms with Crippen LogP contribution < -0.4 is 0 Å². The highest BCUT2D eigenvalue weighted by molar-refractivity contribution is 5.73. The summed E-state index contributed by atoms with van der Waals surface area (Å²) in [6.45, 7) is 8.53. The van der Waals surface area contributed by atoms with E-state index in [0.29, 0.717) is 11.8 Å². The Morgan fingerprint density at radius 2 is 2.19 bits per heavy atom. The van der Waals surface area contributed by atoms with Gasteiger partial charge in [0.1, 0.15) is 6.29 Å². The first-order chi connectivity index (χ1) is 7.63. The Balaban J connectivity index is 2.25. The molecule has 1 saturated carbocycles. The van der Waals surface area contributed by atoms with Gasteiger partial charge < -0.3 is 0 Å². The van der Waals surface area contributed by atoms with E-state index in [4.69, 9.17) is 0 Å². The third-order valence-electron chi connectivity index (χ3n) is 4.60. The topological polar surface area (TPSA) is 17.1 Å². The van der Waals surface area contributed by atoms with Crippen LogP contribution in [0.1, 0.15) is 39.5 Å². The van der Waals surface area contributed by atoms with Crippen molar-refractivity contribution >= 4 is 6.29 Å². The monoisotopic (exact) mass is 218 g/mol. The quantitative estimate of drug-likeness (QED) is 0.392. The van der Waals surface area contributed by atoms with E-state index in [1.54, 1.807) is 0 Å². The number of rotatable bonds is 2. The number of aldehydes is 1. The van der Waals surface area contributed by atoms with Crippen LogP contribution in [-0.4, -0.2) is 6.29 Å². The minimum absolute atomic E-state index is 0.411. The van der Waals surface area contributed by atoms with Crippen LogP contribution in [0.3, 0.4) is 0 Å². The second-order valence-corrected chi connectivity index (χ2v) is 5.65. The molecular weight excluding hydrogens is 196 g/mol. The first kappa shape index (κ1) is 11.6. The van der Waals surface area contributed by atoms with Crippen LogP contribution in [0.15, 0.2) is 23.8 Å². The Kier molecular flexibility index (Phi) is 3.32. The Labute approximate surface area is 98.6 Å². The molecule has 1 nitrogen and oxygen atoms in total. The van der Waals surface area contributed by atoms with Crippen molar-refractivity contribution in [3.05, 3.63) is 23.8 Å². The fraction of sp³-hybridized carbons (Fsp3) is 0.667. The Bertz CT molecular complexity index is 326. The summed E-state index contributed by atoms with van der Waals surface area (Å²) >= 11 is 0. The third kappa shape index (κ3) is 2.00. The predicted molar refractivity (Wildman–Crippen MR) is 67.1 cm³/mol. The van der Waals surface area contributed by atoms with Gasteiger partial charge in [0.15, 0.2) is 0 Å². The summed E-state index contributed by atoms with van der Waals surface area (Å²) < 4.78 is 0. The minimum atomic E-state index is 0.411. The third-order valence-corrected chi connectivity index (χ3v) is 4.60. The Morgan fingerprint density at radius 1 is 1.44 bits per heavy atom. The highest BCUT2D eigenvalue weighted by Gasteiger charge is 2.38. The van der Waals surface area contributed by atoms with Crippen molar-refractivity contribution in [2.45, 2.75) is 39.5 Å². The SMILES string of the molecule is C=C(C=O)[C@@H]1CC[C@@H](C)C2CCC(C)=CC21. The fourth-order valence-corrected chi connectivity index (χ4v) is 3.57. The maximum atomic E-state index is 10.9. The van der Waals surface area contributed by atoms with Gasteiger partial charge in [-0.3, -0.25) is 4.79 Å². The van der Waals surface area contributed by atoms with Gasteiger partial charge in [0, 0.05) is 0 Å². The summed E-state index contributed by atoms with van der Waals surface area (Å²) in [4.78, 5) is 10.9. The lowest BCUT2D eigenvalue weighted by Gasteiger charge is -2.43. The van der Waals surface area contributed by atoms with Gasteiger partial charge in [-0.25, -0.2) is 0 Å². The molecule has 0 amide bonds. The predicted octanol–water partition coefficient (Wildman–Crippen LogP) is 3.76. The number of hydrogen-bond acceptors (Lipinski definition) is 1. The summed E-state index contributed by atoms with van der Waals surface area (Å²) in [7, 11) is 0. The molecule has 1 fully saturated rings. The highest BCUT2D eigenvalue weighted by Crippen LogP contribution is 2.47. The molecule has 0 aromatic carbocycles. The Hall–Kier alpha value is -0.850. The van der Waals surface area contributed by atoms with Gasteiger partial charge in [0.05, 0.1) is 0 Å². The van der Waals surface area contributed by atoms with Crippen molar-refractivity contribution in [3.8, 4) is 0 Å². The standard InChI is InChI=1S/C15H22O/c1-10-4-6-13-11(2)5-7-14(12(3)9-16)15(13)8-10/h8-9,11,13-15H,3-7H2,1-2H3/t11-,13?,14+,15?/m1/s1. The second kappa shape index (κ2) is 4.57.